The third-order valence-electron chi connectivity index (χ3n) is 5.00. The summed E-state index contributed by atoms with van der Waals surface area (Å²) in [4.78, 5) is 14.7. The maximum atomic E-state index is 12.9. The fraction of sp³-hybridized carbons (Fsp3) is 0.435. The molecule has 0 saturated carbocycles. The number of nitrogens with zero attached hydrogens (tertiary/aromatic N) is 1. The molecule has 1 fully saturated rings. The number of benzene rings is 2. The van der Waals surface area contributed by atoms with Gasteiger partial charge < -0.3 is 14.4 Å². The van der Waals surface area contributed by atoms with Gasteiger partial charge in [0.2, 0.25) is 0 Å². The fourth-order valence-corrected chi connectivity index (χ4v) is 3.41. The molecule has 0 spiro atoms. The maximum Gasteiger partial charge on any atom is 0.260 e. The molecule has 28 heavy (non-hydrogen) atoms. The molecular formula is C23H28ClNO3. The molecule has 0 aliphatic carbocycles. The number of carbonyl (C=O) groups is 1. The monoisotopic (exact) mass is 401 g/mol. The Kier molecular flexibility index (Phi) is 7.35. The Balaban J connectivity index is 1.62. The summed E-state index contributed by atoms with van der Waals surface area (Å²) < 4.78 is 11.5. The molecule has 3 rings (SSSR count). The quantitative estimate of drug-likeness (QED) is 0.621. The zero-order valence-corrected chi connectivity index (χ0v) is 17.3. The number of hydrogen-bond acceptors (Lipinski definition) is 3. The van der Waals surface area contributed by atoms with Crippen molar-refractivity contribution >= 4 is 17.5 Å². The maximum absolute atomic E-state index is 12.9. The van der Waals surface area contributed by atoms with E-state index in [0.717, 1.165) is 25.0 Å². The van der Waals surface area contributed by atoms with Gasteiger partial charge in [-0.3, -0.25) is 4.79 Å². The Bertz CT molecular complexity index is 752. The van der Waals surface area contributed by atoms with Gasteiger partial charge in [0.1, 0.15) is 5.75 Å². The highest BCUT2D eigenvalue weighted by molar-refractivity contribution is 6.30. The first-order chi connectivity index (χ1) is 13.5. The number of carbonyl (C=O) groups excluding carboxylic acids is 1. The molecule has 2 aromatic rings. The summed E-state index contributed by atoms with van der Waals surface area (Å²) >= 11 is 5.98. The van der Waals surface area contributed by atoms with E-state index in [4.69, 9.17) is 21.1 Å². The lowest BCUT2D eigenvalue weighted by molar-refractivity contribution is -0.135. The highest BCUT2D eigenvalue weighted by Crippen LogP contribution is 2.20. The molecule has 1 aliphatic rings. The van der Waals surface area contributed by atoms with Crippen molar-refractivity contribution in [1.82, 2.24) is 4.90 Å². The summed E-state index contributed by atoms with van der Waals surface area (Å²) in [6.07, 6.45) is 2.13. The van der Waals surface area contributed by atoms with Gasteiger partial charge in [-0.05, 0) is 54.2 Å². The molecule has 1 amide bonds. The van der Waals surface area contributed by atoms with Crippen LogP contribution in [0.4, 0.5) is 0 Å². The van der Waals surface area contributed by atoms with Gasteiger partial charge in [0, 0.05) is 24.7 Å². The van der Waals surface area contributed by atoms with Crippen LogP contribution in [0.5, 0.6) is 5.75 Å². The predicted octanol–water partition coefficient (Wildman–Crippen LogP) is 5.05. The minimum absolute atomic E-state index is 0.0152. The summed E-state index contributed by atoms with van der Waals surface area (Å²) in [5.41, 5.74) is 2.29. The third-order valence-corrected chi connectivity index (χ3v) is 5.25. The van der Waals surface area contributed by atoms with E-state index >= 15 is 0 Å². The number of amides is 1. The minimum atomic E-state index is -0.0432. The van der Waals surface area contributed by atoms with Crippen LogP contribution in [0.25, 0.3) is 0 Å². The van der Waals surface area contributed by atoms with Crippen molar-refractivity contribution in [3.8, 4) is 5.75 Å². The first-order valence-corrected chi connectivity index (χ1v) is 10.3. The minimum Gasteiger partial charge on any atom is -0.484 e. The van der Waals surface area contributed by atoms with Gasteiger partial charge in [0.25, 0.3) is 5.91 Å². The molecule has 1 atom stereocenters. The van der Waals surface area contributed by atoms with Crippen LogP contribution in [0.15, 0.2) is 48.5 Å². The van der Waals surface area contributed by atoms with Gasteiger partial charge in [0.05, 0.1) is 6.10 Å². The van der Waals surface area contributed by atoms with E-state index in [2.05, 4.69) is 13.8 Å². The summed E-state index contributed by atoms with van der Waals surface area (Å²) in [6.45, 7) is 6.19. The molecule has 0 radical (unpaired) electrons. The summed E-state index contributed by atoms with van der Waals surface area (Å²) in [7, 11) is 0. The van der Waals surface area contributed by atoms with Crippen LogP contribution in [0.1, 0.15) is 43.7 Å². The second kappa shape index (κ2) is 9.94. The zero-order chi connectivity index (χ0) is 19.9. The van der Waals surface area contributed by atoms with E-state index in [0.29, 0.717) is 29.8 Å². The van der Waals surface area contributed by atoms with Crippen LogP contribution in [-0.2, 0) is 16.1 Å². The van der Waals surface area contributed by atoms with Crippen molar-refractivity contribution < 1.29 is 14.3 Å². The summed E-state index contributed by atoms with van der Waals surface area (Å²) in [5, 5.41) is 0.689. The van der Waals surface area contributed by atoms with E-state index < -0.39 is 0 Å². The Labute approximate surface area is 172 Å². The van der Waals surface area contributed by atoms with Gasteiger partial charge in [-0.15, -0.1) is 0 Å². The van der Waals surface area contributed by atoms with E-state index in [1.807, 2.05) is 53.4 Å². The first-order valence-electron chi connectivity index (χ1n) is 9.88. The molecule has 2 aromatic carbocycles. The van der Waals surface area contributed by atoms with Crippen LogP contribution >= 0.6 is 11.6 Å². The van der Waals surface area contributed by atoms with Crippen LogP contribution in [0.3, 0.4) is 0 Å². The molecule has 4 nitrogen and oxygen atoms in total. The van der Waals surface area contributed by atoms with Crippen molar-refractivity contribution in [2.75, 3.05) is 19.8 Å². The van der Waals surface area contributed by atoms with E-state index in [-0.39, 0.29) is 18.6 Å². The second-order valence-electron chi connectivity index (χ2n) is 7.55. The topological polar surface area (TPSA) is 38.8 Å². The first kappa shape index (κ1) is 20.7. The highest BCUT2D eigenvalue weighted by atomic mass is 35.5. The summed E-state index contributed by atoms with van der Waals surface area (Å²) in [5.74, 6) is 1.14. The molecule has 1 aliphatic heterocycles. The molecule has 0 aromatic heterocycles. The zero-order valence-electron chi connectivity index (χ0n) is 16.6. The van der Waals surface area contributed by atoms with Crippen LogP contribution in [0, 0.1) is 0 Å². The number of halogens is 1. The SMILES string of the molecule is CC(C)c1ccc(OCC(=O)N(Cc2ccc(Cl)cc2)CC2CCCO2)cc1. The lowest BCUT2D eigenvalue weighted by Gasteiger charge is -2.25. The van der Waals surface area contributed by atoms with Crippen molar-refractivity contribution in [3.63, 3.8) is 0 Å². The van der Waals surface area contributed by atoms with E-state index in [1.165, 1.54) is 5.56 Å². The van der Waals surface area contributed by atoms with Crippen molar-refractivity contribution in [2.24, 2.45) is 0 Å². The number of rotatable bonds is 8. The Morgan fingerprint density at radius 3 is 2.50 bits per heavy atom. The normalized spacial score (nSPS) is 16.4. The van der Waals surface area contributed by atoms with Gasteiger partial charge >= 0.3 is 0 Å². The van der Waals surface area contributed by atoms with Crippen LogP contribution < -0.4 is 4.74 Å². The molecule has 150 valence electrons. The highest BCUT2D eigenvalue weighted by Gasteiger charge is 2.23. The molecule has 0 bridgehead atoms. The van der Waals surface area contributed by atoms with Gasteiger partial charge in [-0.25, -0.2) is 0 Å². The molecule has 1 saturated heterocycles. The Morgan fingerprint density at radius 1 is 1.18 bits per heavy atom. The molecule has 1 unspecified atom stereocenters. The van der Waals surface area contributed by atoms with Gasteiger partial charge in [-0.2, -0.15) is 0 Å². The lowest BCUT2D eigenvalue weighted by Crippen LogP contribution is -2.39. The molecule has 1 heterocycles. The van der Waals surface area contributed by atoms with Gasteiger partial charge in [-0.1, -0.05) is 49.7 Å². The number of ether oxygens (including phenoxy) is 2. The second-order valence-corrected chi connectivity index (χ2v) is 7.98. The molecular weight excluding hydrogens is 374 g/mol. The fourth-order valence-electron chi connectivity index (χ4n) is 3.28. The number of hydrogen-bond donors (Lipinski definition) is 0. The predicted molar refractivity (Wildman–Crippen MR) is 112 cm³/mol. The van der Waals surface area contributed by atoms with Crippen molar-refractivity contribution in [3.05, 3.63) is 64.7 Å². The Morgan fingerprint density at radius 2 is 1.89 bits per heavy atom. The standard InChI is InChI=1S/C23H28ClNO3/c1-17(2)19-7-11-21(12-8-19)28-16-23(26)25(15-22-4-3-13-27-22)14-18-5-9-20(24)10-6-18/h5-12,17,22H,3-4,13-16H2,1-2H3. The van der Waals surface area contributed by atoms with E-state index in [9.17, 15) is 4.79 Å². The van der Waals surface area contributed by atoms with E-state index in [1.54, 1.807) is 0 Å². The lowest BCUT2D eigenvalue weighted by atomic mass is 10.0. The third kappa shape index (κ3) is 5.98. The van der Waals surface area contributed by atoms with Gasteiger partial charge in [0.15, 0.2) is 6.61 Å². The smallest absolute Gasteiger partial charge is 0.260 e. The average Bonchev–Trinajstić information content (AvgIpc) is 3.20. The van der Waals surface area contributed by atoms with Crippen LogP contribution in [-0.4, -0.2) is 36.7 Å². The Hall–Kier alpha value is -2.04. The largest absolute Gasteiger partial charge is 0.484 e. The van der Waals surface area contributed by atoms with Crippen LogP contribution in [0.2, 0.25) is 5.02 Å². The summed E-state index contributed by atoms with van der Waals surface area (Å²) in [6, 6.07) is 15.5. The average molecular weight is 402 g/mol. The van der Waals surface area contributed by atoms with Crippen molar-refractivity contribution in [2.45, 2.75) is 45.3 Å². The van der Waals surface area contributed by atoms with Crippen molar-refractivity contribution in [1.29, 1.82) is 0 Å². The molecule has 0 N–H and O–H groups in total. The molecule has 5 heteroatoms.